The first-order chi connectivity index (χ1) is 20.3. The predicted molar refractivity (Wildman–Crippen MR) is 162 cm³/mol. The zero-order valence-electron chi connectivity index (χ0n) is 24.6. The van der Waals surface area contributed by atoms with Crippen molar-refractivity contribution in [3.8, 4) is 5.75 Å². The van der Waals surface area contributed by atoms with E-state index < -0.39 is 28.2 Å². The van der Waals surface area contributed by atoms with Crippen LogP contribution in [0, 0.1) is 19.8 Å². The molecule has 14 heteroatoms. The highest BCUT2D eigenvalue weighted by Gasteiger charge is 2.32. The third kappa shape index (κ3) is 7.59. The smallest absolute Gasteiger partial charge is 0.321 e. The summed E-state index contributed by atoms with van der Waals surface area (Å²) in [7, 11) is -2.30. The van der Waals surface area contributed by atoms with Crippen molar-refractivity contribution in [2.45, 2.75) is 51.2 Å². The maximum atomic E-state index is 13.5. The number of aromatic nitrogens is 1. The lowest BCUT2D eigenvalue weighted by atomic mass is 10.0. The van der Waals surface area contributed by atoms with E-state index in [2.05, 4.69) is 15.2 Å². The van der Waals surface area contributed by atoms with Crippen LogP contribution in [0.15, 0.2) is 51.9 Å². The average Bonchev–Trinajstić information content (AvgIpc) is 3.29. The number of amides is 3. The molecule has 232 valence electrons. The number of sulfonamides is 1. The van der Waals surface area contributed by atoms with Crippen molar-refractivity contribution in [2.75, 3.05) is 36.8 Å². The lowest BCUT2D eigenvalue weighted by molar-refractivity contribution is -0.134. The molecule has 0 radical (unpaired) electrons. The number of aryl methyl sites for hydroxylation is 2. The first kappa shape index (κ1) is 32.1. The Balaban J connectivity index is 1.62. The molecular weight excluding hydrogens is 598 g/mol. The molecule has 2 heterocycles. The Hall–Kier alpha value is -3.81. The van der Waals surface area contributed by atoms with E-state index in [4.69, 9.17) is 20.9 Å². The van der Waals surface area contributed by atoms with Crippen LogP contribution in [0.25, 0.3) is 0 Å². The molecule has 3 amide bonds. The van der Waals surface area contributed by atoms with E-state index in [0.29, 0.717) is 33.5 Å². The maximum absolute atomic E-state index is 13.5. The van der Waals surface area contributed by atoms with Gasteiger partial charge in [-0.25, -0.2) is 13.2 Å². The number of hydrogen-bond acceptors (Lipinski definition) is 8. The molecule has 0 bridgehead atoms. The largest absolute Gasteiger partial charge is 0.488 e. The van der Waals surface area contributed by atoms with Gasteiger partial charge in [-0.1, -0.05) is 23.7 Å². The van der Waals surface area contributed by atoms with Crippen molar-refractivity contribution in [1.82, 2.24) is 15.0 Å². The van der Waals surface area contributed by atoms with Crippen LogP contribution in [-0.4, -0.2) is 79.3 Å². The number of nitrogens with zero attached hydrogens (tertiary/aromatic N) is 3. The minimum Gasteiger partial charge on any atom is -0.488 e. The quantitative estimate of drug-likeness (QED) is 0.336. The molecule has 3 N–H and O–H groups in total. The molecule has 0 saturated heterocycles. The second-order valence-electron chi connectivity index (χ2n) is 10.8. The number of aliphatic hydroxyl groups is 1. The van der Waals surface area contributed by atoms with Crippen molar-refractivity contribution < 1.29 is 32.4 Å². The Morgan fingerprint density at radius 1 is 1.23 bits per heavy atom. The Morgan fingerprint density at radius 2 is 1.93 bits per heavy atom. The lowest BCUT2D eigenvalue weighted by Crippen LogP contribution is -2.48. The summed E-state index contributed by atoms with van der Waals surface area (Å²) >= 11 is 5.90. The zero-order valence-corrected chi connectivity index (χ0v) is 26.2. The Morgan fingerprint density at radius 3 is 2.56 bits per heavy atom. The van der Waals surface area contributed by atoms with Gasteiger partial charge in [-0.15, -0.1) is 0 Å². The molecule has 2 aromatic carbocycles. The third-order valence-electron chi connectivity index (χ3n) is 7.36. The van der Waals surface area contributed by atoms with Crippen LogP contribution >= 0.6 is 11.6 Å². The Kier molecular flexibility index (Phi) is 9.88. The second-order valence-corrected chi connectivity index (χ2v) is 12.9. The van der Waals surface area contributed by atoms with Crippen LogP contribution in [0.4, 0.5) is 16.2 Å². The maximum Gasteiger partial charge on any atom is 0.321 e. The number of benzene rings is 2. The Bertz CT molecular complexity index is 1560. The molecule has 0 aliphatic carbocycles. The number of aliphatic hydroxyl groups excluding tert-OH is 1. The van der Waals surface area contributed by atoms with Crippen LogP contribution in [0.2, 0.25) is 5.02 Å². The highest BCUT2D eigenvalue weighted by molar-refractivity contribution is 7.92. The number of carbonyl (C=O) groups excluding carboxylic acids is 2. The molecule has 1 aromatic heterocycles. The van der Waals surface area contributed by atoms with E-state index in [0.717, 1.165) is 0 Å². The first-order valence-electron chi connectivity index (χ1n) is 13.7. The molecular formula is C29H36ClN5O7S. The van der Waals surface area contributed by atoms with Crippen molar-refractivity contribution in [2.24, 2.45) is 5.92 Å². The SMILES string of the molecule is Cc1noc(C)c1NC(=O)N(C)C[C@H]1Oc2ccc(NS(=O)(=O)c3ccc(Cl)cc3)cc2CC(=O)N([C@@H](C)CO)C[C@H]1C. The number of rotatable bonds is 8. The van der Waals surface area contributed by atoms with Gasteiger partial charge >= 0.3 is 6.03 Å². The van der Waals surface area contributed by atoms with E-state index in [9.17, 15) is 23.1 Å². The van der Waals surface area contributed by atoms with Gasteiger partial charge in [0.15, 0.2) is 5.76 Å². The molecule has 0 spiro atoms. The monoisotopic (exact) mass is 633 g/mol. The van der Waals surface area contributed by atoms with Crippen molar-refractivity contribution in [3.05, 3.63) is 64.5 Å². The molecule has 1 aliphatic heterocycles. The van der Waals surface area contributed by atoms with Gasteiger partial charge < -0.3 is 29.5 Å². The summed E-state index contributed by atoms with van der Waals surface area (Å²) in [6, 6.07) is 9.62. The predicted octanol–water partition coefficient (Wildman–Crippen LogP) is 4.06. The molecule has 3 atom stereocenters. The van der Waals surface area contributed by atoms with Crippen molar-refractivity contribution in [3.63, 3.8) is 0 Å². The molecule has 0 fully saturated rings. The van der Waals surface area contributed by atoms with Gasteiger partial charge in [0.05, 0.1) is 30.5 Å². The van der Waals surface area contributed by atoms with E-state index >= 15 is 0 Å². The lowest BCUT2D eigenvalue weighted by Gasteiger charge is -2.34. The van der Waals surface area contributed by atoms with E-state index in [1.54, 1.807) is 50.9 Å². The van der Waals surface area contributed by atoms with Crippen molar-refractivity contribution >= 4 is 44.9 Å². The number of ether oxygens (including phenoxy) is 1. The fourth-order valence-corrected chi connectivity index (χ4v) is 5.93. The number of likely N-dealkylation sites (N-methyl/N-ethyl adjacent to an activating group) is 1. The summed E-state index contributed by atoms with van der Waals surface area (Å²) < 4.78 is 40.1. The summed E-state index contributed by atoms with van der Waals surface area (Å²) in [5.41, 5.74) is 1.74. The molecule has 3 aromatic rings. The number of nitrogens with one attached hydrogen (secondary N) is 2. The summed E-state index contributed by atoms with van der Waals surface area (Å²) in [4.78, 5) is 29.6. The van der Waals surface area contributed by atoms with E-state index in [-0.39, 0.29) is 48.5 Å². The molecule has 12 nitrogen and oxygen atoms in total. The standard InChI is InChI=1S/C29H36ClN5O7S/c1-17-14-35(18(2)16-36)27(37)13-21-12-23(33-43(39,40)24-9-6-22(30)7-10-24)8-11-25(21)41-26(17)15-34(5)29(38)31-28-19(3)32-42-20(28)4/h6-12,17-18,26,33,36H,13-16H2,1-5H3,(H,31,38)/t17-,18+,26-/m1/s1. The van der Waals surface area contributed by atoms with Crippen LogP contribution in [0.1, 0.15) is 30.9 Å². The van der Waals surface area contributed by atoms with Gasteiger partial charge in [0, 0.05) is 35.8 Å². The topological polar surface area (TPSA) is 154 Å². The normalized spacial score (nSPS) is 18.0. The van der Waals surface area contributed by atoms with Gasteiger partial charge in [0.2, 0.25) is 5.91 Å². The highest BCUT2D eigenvalue weighted by Crippen LogP contribution is 2.30. The third-order valence-corrected chi connectivity index (χ3v) is 9.01. The van der Waals surface area contributed by atoms with Crippen LogP contribution in [0.3, 0.4) is 0 Å². The van der Waals surface area contributed by atoms with Gasteiger partial charge in [0.25, 0.3) is 10.0 Å². The van der Waals surface area contributed by atoms with Crippen LogP contribution in [0.5, 0.6) is 5.75 Å². The minimum atomic E-state index is -3.93. The Labute approximate surface area is 256 Å². The van der Waals surface area contributed by atoms with Gasteiger partial charge in [-0.05, 0) is 63.2 Å². The minimum absolute atomic E-state index is 0.0301. The molecule has 1 aliphatic rings. The summed E-state index contributed by atoms with van der Waals surface area (Å²) in [6.45, 7) is 7.29. The van der Waals surface area contributed by atoms with Crippen LogP contribution < -0.4 is 14.8 Å². The second kappa shape index (κ2) is 13.2. The molecule has 4 rings (SSSR count). The number of hydrogen-bond donors (Lipinski definition) is 3. The summed E-state index contributed by atoms with van der Waals surface area (Å²) in [5, 5.41) is 17.0. The number of halogens is 1. The molecule has 43 heavy (non-hydrogen) atoms. The highest BCUT2D eigenvalue weighted by atomic mass is 35.5. The fraction of sp³-hybridized carbons (Fsp3) is 0.414. The zero-order chi connectivity index (χ0) is 31.5. The van der Waals surface area contributed by atoms with Gasteiger partial charge in [-0.3, -0.25) is 9.52 Å². The number of fused-ring (bicyclic) bond motifs is 1. The van der Waals surface area contributed by atoms with Gasteiger partial charge in [-0.2, -0.15) is 0 Å². The first-order valence-corrected chi connectivity index (χ1v) is 15.6. The van der Waals surface area contributed by atoms with Crippen molar-refractivity contribution in [1.29, 1.82) is 0 Å². The van der Waals surface area contributed by atoms with Crippen LogP contribution in [-0.2, 0) is 21.2 Å². The fourth-order valence-electron chi connectivity index (χ4n) is 4.76. The molecule has 0 saturated carbocycles. The summed E-state index contributed by atoms with van der Waals surface area (Å²) in [5.74, 6) is 0.370. The molecule has 0 unspecified atom stereocenters. The number of carbonyl (C=O) groups is 2. The average molecular weight is 634 g/mol. The van der Waals surface area contributed by atoms with E-state index in [1.807, 2.05) is 6.92 Å². The number of anilines is 2. The number of urea groups is 1. The summed E-state index contributed by atoms with van der Waals surface area (Å²) in [6.07, 6.45) is -0.645. The van der Waals surface area contributed by atoms with Gasteiger partial charge in [0.1, 0.15) is 23.2 Å². The van der Waals surface area contributed by atoms with E-state index in [1.165, 1.54) is 29.2 Å².